The van der Waals surface area contributed by atoms with Crippen molar-refractivity contribution in [3.8, 4) is 0 Å². The van der Waals surface area contributed by atoms with E-state index in [4.69, 9.17) is 10.8 Å². The Morgan fingerprint density at radius 3 is 1.93 bits per heavy atom. The highest BCUT2D eigenvalue weighted by Crippen LogP contribution is 2.16. The summed E-state index contributed by atoms with van der Waals surface area (Å²) >= 11 is 0. The molecule has 212 valence electrons. The van der Waals surface area contributed by atoms with Crippen LogP contribution in [0.4, 0.5) is 16.2 Å². The Balaban J connectivity index is 0.000000179. The molecule has 5 aromatic rings. The van der Waals surface area contributed by atoms with Crippen LogP contribution in [0.25, 0.3) is 10.9 Å². The number of rotatable bonds is 5. The van der Waals surface area contributed by atoms with Crippen LogP contribution in [0.15, 0.2) is 126 Å². The highest BCUT2D eigenvalue weighted by atomic mass is 16.4. The van der Waals surface area contributed by atoms with Crippen molar-refractivity contribution in [2.24, 2.45) is 5.73 Å². The van der Waals surface area contributed by atoms with E-state index in [9.17, 15) is 24.0 Å². The number of H-pyrrole nitrogens is 1. The summed E-state index contributed by atoms with van der Waals surface area (Å²) in [4.78, 5) is 62.6. The number of carboxylic acids is 1. The lowest BCUT2D eigenvalue weighted by Gasteiger charge is -2.18. The number of imide groups is 1. The molecule has 11 heteroatoms. The molecule has 0 bridgehead atoms. The maximum absolute atomic E-state index is 12.2. The van der Waals surface area contributed by atoms with Crippen molar-refractivity contribution in [2.75, 3.05) is 10.2 Å². The van der Waals surface area contributed by atoms with Gasteiger partial charge >= 0.3 is 17.7 Å². The van der Waals surface area contributed by atoms with Crippen LogP contribution in [0.5, 0.6) is 0 Å². The molecule has 0 aliphatic carbocycles. The Bertz CT molecular complexity index is 1690. The molecule has 42 heavy (non-hydrogen) atoms. The van der Waals surface area contributed by atoms with Gasteiger partial charge in [-0.15, -0.1) is 0 Å². The lowest BCUT2D eigenvalue weighted by Crippen LogP contribution is -2.40. The number of hydrogen-bond acceptors (Lipinski definition) is 6. The Labute approximate surface area is 240 Å². The molecule has 0 saturated heterocycles. The molecule has 5 N–H and O–H groups in total. The first-order chi connectivity index (χ1) is 20.2. The molecule has 11 nitrogen and oxygen atoms in total. The molecule has 0 radical (unpaired) electrons. The van der Waals surface area contributed by atoms with Crippen molar-refractivity contribution in [3.05, 3.63) is 138 Å². The molecule has 0 aliphatic heterocycles. The summed E-state index contributed by atoms with van der Waals surface area (Å²) in [6.07, 6.45) is 1.06. The van der Waals surface area contributed by atoms with Gasteiger partial charge in [0.25, 0.3) is 5.91 Å². The molecule has 1 aromatic heterocycles. The molecule has 0 saturated carbocycles. The zero-order valence-electron chi connectivity index (χ0n) is 22.2. The second-order valence-corrected chi connectivity index (χ2v) is 8.44. The highest BCUT2D eigenvalue weighted by molar-refractivity contribution is 6.20. The fraction of sp³-hybridized carbons (Fsp3) is 0.0323. The van der Waals surface area contributed by atoms with E-state index in [2.05, 4.69) is 15.3 Å². The fourth-order valence-electron chi connectivity index (χ4n) is 3.49. The number of anilines is 2. The predicted octanol–water partition coefficient (Wildman–Crippen LogP) is 4.44. The number of nitrogens with two attached hydrogens (primary N) is 1. The lowest BCUT2D eigenvalue weighted by molar-refractivity contribution is -0.139. The molecule has 0 fully saturated rings. The van der Waals surface area contributed by atoms with Crippen molar-refractivity contribution in [2.45, 2.75) is 6.42 Å². The molecule has 0 unspecified atom stereocenters. The van der Waals surface area contributed by atoms with E-state index >= 15 is 0 Å². The predicted molar refractivity (Wildman–Crippen MR) is 159 cm³/mol. The second-order valence-electron chi connectivity index (χ2n) is 8.44. The normalized spacial score (nSPS) is 9.71. The molecule has 1 heterocycles. The number of amides is 4. The zero-order valence-corrected chi connectivity index (χ0v) is 22.2. The summed E-state index contributed by atoms with van der Waals surface area (Å²) in [5, 5.41) is 11.7. The van der Waals surface area contributed by atoms with E-state index in [1.54, 1.807) is 91.1 Å². The average molecular weight is 566 g/mol. The van der Waals surface area contributed by atoms with Crippen LogP contribution in [-0.2, 0) is 9.59 Å². The minimum Gasteiger partial charge on any atom is -0.481 e. The SMILES string of the molecule is NC(=O)N(C(=O)c1ccccc1)c1ccccc1.O=C(O)CC(=O)Nc1ccccc1.O=c1ncc2ccccc2[nH]1. The molecule has 0 atom stereocenters. The first-order valence-electron chi connectivity index (χ1n) is 12.5. The summed E-state index contributed by atoms with van der Waals surface area (Å²) < 4.78 is 0. The van der Waals surface area contributed by atoms with Gasteiger partial charge in [-0.2, -0.15) is 0 Å². The number of aromatic amines is 1. The molecule has 0 aliphatic rings. The maximum atomic E-state index is 12.2. The van der Waals surface area contributed by atoms with Crippen LogP contribution in [0.1, 0.15) is 16.8 Å². The van der Waals surface area contributed by atoms with Gasteiger partial charge in [-0.05, 0) is 42.5 Å². The number of para-hydroxylation sites is 3. The van der Waals surface area contributed by atoms with E-state index in [0.29, 0.717) is 16.9 Å². The highest BCUT2D eigenvalue weighted by Gasteiger charge is 2.21. The molecule has 5 rings (SSSR count). The number of carbonyl (C=O) groups is 4. The smallest absolute Gasteiger partial charge is 0.345 e. The number of fused-ring (bicyclic) bond motifs is 1. The summed E-state index contributed by atoms with van der Waals surface area (Å²) in [6.45, 7) is 0. The number of hydrogen-bond donors (Lipinski definition) is 4. The number of benzene rings is 4. The van der Waals surface area contributed by atoms with Crippen molar-refractivity contribution in [1.82, 2.24) is 9.97 Å². The number of primary amides is 1. The van der Waals surface area contributed by atoms with E-state index in [-0.39, 0.29) is 5.69 Å². The van der Waals surface area contributed by atoms with Crippen LogP contribution < -0.4 is 21.6 Å². The van der Waals surface area contributed by atoms with Crippen molar-refractivity contribution < 1.29 is 24.3 Å². The lowest BCUT2D eigenvalue weighted by atomic mass is 10.2. The van der Waals surface area contributed by atoms with Gasteiger partial charge in [-0.25, -0.2) is 19.5 Å². The third-order valence-electron chi connectivity index (χ3n) is 5.35. The second kappa shape index (κ2) is 15.5. The first kappa shape index (κ1) is 30.4. The van der Waals surface area contributed by atoms with Crippen LogP contribution in [0.3, 0.4) is 0 Å². The Hall–Kier alpha value is -6.10. The third-order valence-corrected chi connectivity index (χ3v) is 5.35. The van der Waals surface area contributed by atoms with Crippen LogP contribution in [0, 0.1) is 0 Å². The summed E-state index contributed by atoms with van der Waals surface area (Å²) in [7, 11) is 0. The Morgan fingerprint density at radius 2 is 1.33 bits per heavy atom. The molecular formula is C31H27N5O6. The molecular weight excluding hydrogens is 538 g/mol. The molecule has 0 spiro atoms. The summed E-state index contributed by atoms with van der Waals surface area (Å²) in [6, 6.07) is 32.6. The number of carbonyl (C=O) groups excluding carboxylic acids is 3. The topological polar surface area (TPSA) is 176 Å². The van der Waals surface area contributed by atoms with E-state index < -0.39 is 30.2 Å². The van der Waals surface area contributed by atoms with Gasteiger partial charge in [0, 0.05) is 22.8 Å². The number of aliphatic carboxylic acids is 1. The van der Waals surface area contributed by atoms with Crippen molar-refractivity contribution >= 4 is 46.1 Å². The monoisotopic (exact) mass is 565 g/mol. The van der Waals surface area contributed by atoms with Crippen molar-refractivity contribution in [3.63, 3.8) is 0 Å². The molecule has 4 amide bonds. The number of urea groups is 1. The van der Waals surface area contributed by atoms with Crippen LogP contribution >= 0.6 is 0 Å². The van der Waals surface area contributed by atoms with Gasteiger partial charge in [0.1, 0.15) is 6.42 Å². The van der Waals surface area contributed by atoms with Gasteiger partial charge in [-0.3, -0.25) is 14.4 Å². The van der Waals surface area contributed by atoms with Gasteiger partial charge in [0.15, 0.2) is 0 Å². The van der Waals surface area contributed by atoms with Gasteiger partial charge in [-0.1, -0.05) is 72.8 Å². The van der Waals surface area contributed by atoms with Crippen LogP contribution in [-0.4, -0.2) is 38.9 Å². The van der Waals surface area contributed by atoms with E-state index in [0.717, 1.165) is 15.8 Å². The Morgan fingerprint density at radius 1 is 0.786 bits per heavy atom. The average Bonchev–Trinajstić information content (AvgIpc) is 2.99. The van der Waals surface area contributed by atoms with Crippen LogP contribution in [0.2, 0.25) is 0 Å². The van der Waals surface area contributed by atoms with E-state index in [1.807, 2.05) is 30.3 Å². The van der Waals surface area contributed by atoms with Gasteiger partial charge in [0.2, 0.25) is 5.91 Å². The standard InChI is InChI=1S/C14H12N2O2.C9H9NO3.C8H6N2O/c15-14(18)16(12-9-5-2-6-10-12)13(17)11-7-3-1-4-8-11;11-8(6-9(12)13)10-7-4-2-1-3-5-7;11-8-9-5-6-3-1-2-4-7(6)10-8/h1-10H,(H2,15,18);1-5H,6H2,(H,10,11)(H,12,13);1-5H,(H,9,10,11). The fourth-order valence-corrected chi connectivity index (χ4v) is 3.49. The van der Waals surface area contributed by atoms with Gasteiger partial charge in [0.05, 0.1) is 11.2 Å². The van der Waals surface area contributed by atoms with E-state index in [1.165, 1.54) is 0 Å². The number of nitrogens with one attached hydrogen (secondary N) is 2. The zero-order chi connectivity index (χ0) is 30.3. The number of aromatic nitrogens is 2. The van der Waals surface area contributed by atoms with Gasteiger partial charge < -0.3 is 21.1 Å². The number of carboxylic acid groups (broad SMARTS) is 1. The minimum atomic E-state index is -1.13. The third kappa shape index (κ3) is 9.58. The Kier molecular flexibility index (Phi) is 11.2. The first-order valence-corrected chi connectivity index (χ1v) is 12.5. The molecule has 4 aromatic carbocycles. The largest absolute Gasteiger partial charge is 0.481 e. The number of nitrogens with zero attached hydrogens (tertiary/aromatic N) is 2. The summed E-state index contributed by atoms with van der Waals surface area (Å²) in [5.41, 5.74) is 7.28. The maximum Gasteiger partial charge on any atom is 0.345 e. The minimum absolute atomic E-state index is 0.302. The quantitative estimate of drug-likeness (QED) is 0.228. The summed E-state index contributed by atoms with van der Waals surface area (Å²) in [5.74, 6) is -2.08. The van der Waals surface area contributed by atoms with Crippen molar-refractivity contribution in [1.29, 1.82) is 0 Å².